The summed E-state index contributed by atoms with van der Waals surface area (Å²) in [6.45, 7) is 4.90. The number of anilines is 1. The number of carbonyl (C=O) groups is 2. The monoisotopic (exact) mass is 341 g/mol. The van der Waals surface area contributed by atoms with Crippen molar-refractivity contribution >= 4 is 17.6 Å². The lowest BCUT2D eigenvalue weighted by molar-refractivity contribution is -0.152. The minimum Gasteiger partial charge on any atom is -0.465 e. The summed E-state index contributed by atoms with van der Waals surface area (Å²) in [4.78, 5) is 27.5. The SMILES string of the molecule is CCCCOC(=O)[C@@H]1[C@H]2C(=O)N(c3cccc(C)c3)C[C@]23C=C[C@H]1O3. The number of unbranched alkanes of at least 4 members (excludes halogenated alkanes) is 1. The van der Waals surface area contributed by atoms with Crippen LogP contribution in [0.1, 0.15) is 25.3 Å². The van der Waals surface area contributed by atoms with Crippen molar-refractivity contribution in [2.24, 2.45) is 11.8 Å². The normalized spacial score (nSPS) is 32.3. The number of ether oxygens (including phenoxy) is 2. The van der Waals surface area contributed by atoms with Crippen LogP contribution in [0, 0.1) is 18.8 Å². The van der Waals surface area contributed by atoms with Gasteiger partial charge in [0, 0.05) is 5.69 Å². The summed E-state index contributed by atoms with van der Waals surface area (Å²) < 4.78 is 11.5. The van der Waals surface area contributed by atoms with Gasteiger partial charge in [-0.15, -0.1) is 0 Å². The average Bonchev–Trinajstić information content (AvgIpc) is 3.23. The first kappa shape index (κ1) is 16.3. The zero-order valence-corrected chi connectivity index (χ0v) is 14.6. The fraction of sp³-hybridized carbons (Fsp3) is 0.500. The smallest absolute Gasteiger partial charge is 0.312 e. The van der Waals surface area contributed by atoms with Gasteiger partial charge in [0.15, 0.2) is 0 Å². The van der Waals surface area contributed by atoms with Crippen LogP contribution in [0.25, 0.3) is 0 Å². The molecule has 0 unspecified atom stereocenters. The van der Waals surface area contributed by atoms with E-state index in [0.717, 1.165) is 24.1 Å². The van der Waals surface area contributed by atoms with Crippen LogP contribution < -0.4 is 4.90 Å². The Bertz CT molecular complexity index is 743. The zero-order valence-electron chi connectivity index (χ0n) is 14.6. The van der Waals surface area contributed by atoms with Gasteiger partial charge in [-0.25, -0.2) is 0 Å². The average molecular weight is 341 g/mol. The van der Waals surface area contributed by atoms with Gasteiger partial charge in [0.05, 0.1) is 25.2 Å². The number of rotatable bonds is 5. The van der Waals surface area contributed by atoms with Crippen molar-refractivity contribution in [3.05, 3.63) is 42.0 Å². The molecule has 0 aromatic heterocycles. The molecule has 1 spiro atoms. The van der Waals surface area contributed by atoms with Crippen LogP contribution in [0.2, 0.25) is 0 Å². The molecule has 1 aromatic rings. The Labute approximate surface area is 147 Å². The second kappa shape index (κ2) is 5.99. The second-order valence-electron chi connectivity index (χ2n) is 7.18. The Morgan fingerprint density at radius 2 is 2.28 bits per heavy atom. The van der Waals surface area contributed by atoms with E-state index in [2.05, 4.69) is 0 Å². The van der Waals surface area contributed by atoms with Gasteiger partial charge in [-0.3, -0.25) is 9.59 Å². The summed E-state index contributed by atoms with van der Waals surface area (Å²) in [6.07, 6.45) is 5.33. The Hall–Kier alpha value is -2.14. The van der Waals surface area contributed by atoms with Crippen molar-refractivity contribution in [3.8, 4) is 0 Å². The van der Waals surface area contributed by atoms with E-state index in [4.69, 9.17) is 9.47 Å². The molecular weight excluding hydrogens is 318 g/mol. The van der Waals surface area contributed by atoms with Crippen LogP contribution >= 0.6 is 0 Å². The van der Waals surface area contributed by atoms with Gasteiger partial charge in [-0.05, 0) is 31.0 Å². The van der Waals surface area contributed by atoms with Gasteiger partial charge in [0.2, 0.25) is 5.91 Å². The van der Waals surface area contributed by atoms with Crippen molar-refractivity contribution in [3.63, 3.8) is 0 Å². The lowest BCUT2D eigenvalue weighted by atomic mass is 9.77. The van der Waals surface area contributed by atoms with Gasteiger partial charge >= 0.3 is 5.97 Å². The quantitative estimate of drug-likeness (QED) is 0.469. The highest BCUT2D eigenvalue weighted by molar-refractivity contribution is 6.02. The molecular formula is C20H23NO4. The maximum Gasteiger partial charge on any atom is 0.312 e. The zero-order chi connectivity index (χ0) is 17.6. The van der Waals surface area contributed by atoms with Crippen LogP contribution in [0.5, 0.6) is 0 Å². The van der Waals surface area contributed by atoms with E-state index in [9.17, 15) is 9.59 Å². The molecule has 5 heteroatoms. The molecule has 3 aliphatic rings. The number of fused-ring (bicyclic) bond motifs is 1. The molecule has 1 amide bonds. The molecule has 0 radical (unpaired) electrons. The van der Waals surface area contributed by atoms with Gasteiger partial charge in [-0.1, -0.05) is 37.6 Å². The number of carbonyl (C=O) groups excluding carboxylic acids is 2. The van der Waals surface area contributed by atoms with Crippen molar-refractivity contribution < 1.29 is 19.1 Å². The Kier molecular flexibility index (Phi) is 3.91. The molecule has 3 heterocycles. The molecule has 0 N–H and O–H groups in total. The highest BCUT2D eigenvalue weighted by Crippen LogP contribution is 2.52. The molecule has 1 aromatic carbocycles. The van der Waals surface area contributed by atoms with E-state index in [-0.39, 0.29) is 18.0 Å². The van der Waals surface area contributed by atoms with Crippen LogP contribution in [-0.4, -0.2) is 36.7 Å². The summed E-state index contributed by atoms with van der Waals surface area (Å²) in [5.74, 6) is -1.38. The van der Waals surface area contributed by atoms with E-state index in [1.807, 2.05) is 50.3 Å². The molecule has 4 rings (SSSR count). The van der Waals surface area contributed by atoms with Crippen LogP contribution in [0.3, 0.4) is 0 Å². The molecule has 3 aliphatic heterocycles. The van der Waals surface area contributed by atoms with Crippen molar-refractivity contribution in [1.82, 2.24) is 0 Å². The molecule has 5 nitrogen and oxygen atoms in total. The number of amides is 1. The third kappa shape index (κ3) is 2.49. The number of benzene rings is 1. The molecule has 132 valence electrons. The molecule has 0 saturated carbocycles. The fourth-order valence-electron chi connectivity index (χ4n) is 4.20. The van der Waals surface area contributed by atoms with Gasteiger partial charge in [-0.2, -0.15) is 0 Å². The maximum atomic E-state index is 13.1. The molecule has 2 bridgehead atoms. The second-order valence-corrected chi connectivity index (χ2v) is 7.18. The molecule has 25 heavy (non-hydrogen) atoms. The van der Waals surface area contributed by atoms with Crippen molar-refractivity contribution in [2.45, 2.75) is 38.4 Å². The van der Waals surface area contributed by atoms with Gasteiger partial charge < -0.3 is 14.4 Å². The number of hydrogen-bond donors (Lipinski definition) is 0. The summed E-state index contributed by atoms with van der Waals surface area (Å²) in [5.41, 5.74) is 1.25. The lowest BCUT2D eigenvalue weighted by Gasteiger charge is -2.22. The third-order valence-electron chi connectivity index (χ3n) is 5.43. The minimum atomic E-state index is -0.695. The molecule has 2 fully saturated rings. The predicted molar refractivity (Wildman–Crippen MR) is 93.1 cm³/mol. The maximum absolute atomic E-state index is 13.1. The Balaban J connectivity index is 1.60. The molecule has 4 atom stereocenters. The number of nitrogens with zero attached hydrogens (tertiary/aromatic N) is 1. The fourth-order valence-corrected chi connectivity index (χ4v) is 4.20. The Morgan fingerprint density at radius 1 is 1.44 bits per heavy atom. The summed E-state index contributed by atoms with van der Waals surface area (Å²) >= 11 is 0. The van der Waals surface area contributed by atoms with Gasteiger partial charge in [0.25, 0.3) is 0 Å². The molecule has 0 aliphatic carbocycles. The van der Waals surface area contributed by atoms with E-state index in [1.165, 1.54) is 0 Å². The lowest BCUT2D eigenvalue weighted by Crippen LogP contribution is -2.40. The largest absolute Gasteiger partial charge is 0.465 e. The van der Waals surface area contributed by atoms with E-state index in [0.29, 0.717) is 13.2 Å². The predicted octanol–water partition coefficient (Wildman–Crippen LogP) is 2.62. The highest BCUT2D eigenvalue weighted by atomic mass is 16.6. The first-order chi connectivity index (χ1) is 12.1. The standard InChI is InChI=1S/C20H23NO4/c1-3-4-10-24-19(23)16-15-8-9-20(25-15)12-21(18(22)17(16)20)14-7-5-6-13(2)11-14/h5-9,11,15-17H,3-4,10,12H2,1-2H3/t15-,16+,17+,20-/m1/s1. The van der Waals surface area contributed by atoms with Crippen molar-refractivity contribution in [1.29, 1.82) is 0 Å². The van der Waals surface area contributed by atoms with E-state index in [1.54, 1.807) is 4.90 Å². The minimum absolute atomic E-state index is 0.0464. The topological polar surface area (TPSA) is 55.8 Å². The van der Waals surface area contributed by atoms with Crippen LogP contribution in [-0.2, 0) is 19.1 Å². The summed E-state index contributed by atoms with van der Waals surface area (Å²) in [5, 5.41) is 0. The van der Waals surface area contributed by atoms with Crippen LogP contribution in [0.4, 0.5) is 5.69 Å². The highest BCUT2D eigenvalue weighted by Gasteiger charge is 2.67. The third-order valence-corrected chi connectivity index (χ3v) is 5.43. The Morgan fingerprint density at radius 3 is 3.04 bits per heavy atom. The first-order valence-electron chi connectivity index (χ1n) is 8.97. The number of hydrogen-bond acceptors (Lipinski definition) is 4. The first-order valence-corrected chi connectivity index (χ1v) is 8.97. The number of esters is 1. The summed E-state index contributed by atoms with van der Waals surface area (Å²) in [7, 11) is 0. The van der Waals surface area contributed by atoms with Gasteiger partial charge in [0.1, 0.15) is 11.5 Å². The molecule has 2 saturated heterocycles. The van der Waals surface area contributed by atoms with Crippen LogP contribution in [0.15, 0.2) is 36.4 Å². The van der Waals surface area contributed by atoms with E-state index >= 15 is 0 Å². The summed E-state index contributed by atoms with van der Waals surface area (Å²) in [6, 6.07) is 7.85. The van der Waals surface area contributed by atoms with Crippen molar-refractivity contribution in [2.75, 3.05) is 18.1 Å². The van der Waals surface area contributed by atoms with E-state index < -0.39 is 17.4 Å². The number of aryl methyl sites for hydroxylation is 1.